The van der Waals surface area contributed by atoms with E-state index < -0.39 is 11.7 Å². The zero-order chi connectivity index (χ0) is 23.2. The topological polar surface area (TPSA) is 47.6 Å². The highest BCUT2D eigenvalue weighted by Crippen LogP contribution is 2.26. The van der Waals surface area contributed by atoms with Crippen LogP contribution in [0.4, 0.5) is 10.1 Å². The molecule has 0 radical (unpaired) electrons. The Morgan fingerprint density at radius 2 is 1.64 bits per heavy atom. The second-order valence-electron chi connectivity index (χ2n) is 7.28. The summed E-state index contributed by atoms with van der Waals surface area (Å²) >= 11 is 3.20. The van der Waals surface area contributed by atoms with E-state index in [4.69, 9.17) is 9.47 Å². The van der Waals surface area contributed by atoms with E-state index >= 15 is 0 Å². The number of methoxy groups -OCH3 is 1. The lowest BCUT2D eigenvalue weighted by Gasteiger charge is -2.13. The average molecular weight is 506 g/mol. The molecule has 1 N–H and O–H groups in total. The van der Waals surface area contributed by atoms with Crippen molar-refractivity contribution >= 4 is 27.5 Å². The molecule has 0 heterocycles. The third-order valence-electron chi connectivity index (χ3n) is 5.08. The fraction of sp³-hybridized carbons (Fsp3) is 0.0741. The molecule has 1 amide bonds. The predicted molar refractivity (Wildman–Crippen MR) is 131 cm³/mol. The third kappa shape index (κ3) is 5.59. The van der Waals surface area contributed by atoms with Gasteiger partial charge in [-0.05, 0) is 59.7 Å². The molecule has 0 unspecified atom stereocenters. The van der Waals surface area contributed by atoms with E-state index in [2.05, 4.69) is 33.4 Å². The molecule has 4 aromatic rings. The van der Waals surface area contributed by atoms with Gasteiger partial charge < -0.3 is 14.8 Å². The van der Waals surface area contributed by atoms with Crippen molar-refractivity contribution in [3.63, 3.8) is 0 Å². The average Bonchev–Trinajstić information content (AvgIpc) is 2.85. The molecule has 166 valence electrons. The number of ether oxygens (including phenoxy) is 2. The number of nitrogens with one attached hydrogen (secondary N) is 1. The first-order chi connectivity index (χ1) is 16.0. The van der Waals surface area contributed by atoms with Gasteiger partial charge in [0.05, 0.1) is 12.8 Å². The van der Waals surface area contributed by atoms with Crippen LogP contribution in [-0.2, 0) is 6.61 Å². The predicted octanol–water partition coefficient (Wildman–Crippen LogP) is 7.10. The van der Waals surface area contributed by atoms with Crippen molar-refractivity contribution in [3.8, 4) is 22.6 Å². The molecule has 0 atom stereocenters. The summed E-state index contributed by atoms with van der Waals surface area (Å²) in [5.74, 6) is 0.354. The number of carbonyl (C=O) groups excluding carboxylic acids is 1. The minimum Gasteiger partial charge on any atom is -0.496 e. The van der Waals surface area contributed by atoms with E-state index in [9.17, 15) is 9.18 Å². The molecule has 0 saturated carbocycles. The molecule has 0 aliphatic carbocycles. The van der Waals surface area contributed by atoms with Gasteiger partial charge in [0.2, 0.25) is 0 Å². The van der Waals surface area contributed by atoms with Gasteiger partial charge in [-0.2, -0.15) is 0 Å². The largest absolute Gasteiger partial charge is 0.496 e. The zero-order valence-corrected chi connectivity index (χ0v) is 19.4. The molecular weight excluding hydrogens is 485 g/mol. The van der Waals surface area contributed by atoms with Crippen molar-refractivity contribution in [3.05, 3.63) is 112 Å². The number of benzene rings is 4. The Morgan fingerprint density at radius 1 is 0.909 bits per heavy atom. The fourth-order valence-electron chi connectivity index (χ4n) is 3.35. The van der Waals surface area contributed by atoms with Crippen LogP contribution < -0.4 is 14.8 Å². The molecular formula is C27H21BrFNO3. The monoisotopic (exact) mass is 505 g/mol. The summed E-state index contributed by atoms with van der Waals surface area (Å²) in [5, 5.41) is 2.60. The zero-order valence-electron chi connectivity index (χ0n) is 17.8. The van der Waals surface area contributed by atoms with Crippen LogP contribution in [0, 0.1) is 5.82 Å². The molecule has 4 nitrogen and oxygen atoms in total. The first-order valence-corrected chi connectivity index (χ1v) is 11.0. The molecule has 6 heteroatoms. The summed E-state index contributed by atoms with van der Waals surface area (Å²) < 4.78 is 26.0. The van der Waals surface area contributed by atoms with Crippen LogP contribution in [0.25, 0.3) is 11.1 Å². The van der Waals surface area contributed by atoms with Crippen LogP contribution in [0.1, 0.15) is 15.9 Å². The highest BCUT2D eigenvalue weighted by molar-refractivity contribution is 9.10. The van der Waals surface area contributed by atoms with Gasteiger partial charge in [-0.25, -0.2) is 4.39 Å². The van der Waals surface area contributed by atoms with E-state index in [0.29, 0.717) is 27.1 Å². The fourth-order valence-corrected chi connectivity index (χ4v) is 3.69. The molecule has 0 bridgehead atoms. The number of anilines is 1. The second kappa shape index (κ2) is 10.3. The molecule has 0 aliphatic heterocycles. The summed E-state index contributed by atoms with van der Waals surface area (Å²) in [6, 6.07) is 27.4. The minimum absolute atomic E-state index is 0.107. The Balaban J connectivity index is 1.47. The molecule has 0 spiro atoms. The van der Waals surface area contributed by atoms with Gasteiger partial charge >= 0.3 is 0 Å². The number of carbonyl (C=O) groups is 1. The van der Waals surface area contributed by atoms with Crippen LogP contribution in [-0.4, -0.2) is 13.0 Å². The summed E-state index contributed by atoms with van der Waals surface area (Å²) in [6.45, 7) is 0.210. The van der Waals surface area contributed by atoms with E-state index in [1.807, 2.05) is 42.5 Å². The Bertz CT molecular complexity index is 1260. The number of rotatable bonds is 7. The van der Waals surface area contributed by atoms with E-state index in [1.165, 1.54) is 12.1 Å². The smallest absolute Gasteiger partial charge is 0.255 e. The highest BCUT2D eigenvalue weighted by atomic mass is 79.9. The maximum absolute atomic E-state index is 14.1. The van der Waals surface area contributed by atoms with Gasteiger partial charge in [-0.1, -0.05) is 58.4 Å². The van der Waals surface area contributed by atoms with Crippen molar-refractivity contribution < 1.29 is 18.7 Å². The SMILES string of the molecule is COc1ccc(C(=O)Nc2ccc(Br)cc2F)cc1COc1ccc(-c2ccccc2)cc1. The molecule has 33 heavy (non-hydrogen) atoms. The summed E-state index contributed by atoms with van der Waals surface area (Å²) in [6.07, 6.45) is 0. The number of halogens is 2. The highest BCUT2D eigenvalue weighted by Gasteiger charge is 2.13. The van der Waals surface area contributed by atoms with E-state index in [1.54, 1.807) is 31.4 Å². The summed E-state index contributed by atoms with van der Waals surface area (Å²) in [4.78, 5) is 12.7. The van der Waals surface area contributed by atoms with Crippen molar-refractivity contribution in [1.82, 2.24) is 0 Å². The van der Waals surface area contributed by atoms with Crippen LogP contribution >= 0.6 is 15.9 Å². The standard InChI is InChI=1S/C27H21BrFNO3/c1-32-26-14-9-20(27(31)30-25-13-10-22(28)16-24(25)29)15-21(26)17-33-23-11-7-19(8-12-23)18-5-3-2-4-6-18/h2-16H,17H2,1H3,(H,30,31). The van der Waals surface area contributed by atoms with Crippen molar-refractivity contribution in [2.24, 2.45) is 0 Å². The van der Waals surface area contributed by atoms with Crippen molar-refractivity contribution in [2.45, 2.75) is 6.61 Å². The quantitative estimate of drug-likeness (QED) is 0.291. The maximum atomic E-state index is 14.1. The summed E-state index contributed by atoms with van der Waals surface area (Å²) in [7, 11) is 1.56. The van der Waals surface area contributed by atoms with Crippen molar-refractivity contribution in [2.75, 3.05) is 12.4 Å². The van der Waals surface area contributed by atoms with Gasteiger partial charge in [0.15, 0.2) is 0 Å². The Morgan fingerprint density at radius 3 is 2.33 bits per heavy atom. The van der Waals surface area contributed by atoms with E-state index in [0.717, 1.165) is 11.1 Å². The molecule has 0 aliphatic rings. The normalized spacial score (nSPS) is 10.5. The minimum atomic E-state index is -0.520. The first-order valence-electron chi connectivity index (χ1n) is 10.2. The third-order valence-corrected chi connectivity index (χ3v) is 5.57. The molecule has 4 rings (SSSR count). The second-order valence-corrected chi connectivity index (χ2v) is 8.20. The van der Waals surface area contributed by atoms with Gasteiger partial charge in [0, 0.05) is 15.6 Å². The van der Waals surface area contributed by atoms with Crippen molar-refractivity contribution in [1.29, 1.82) is 0 Å². The van der Waals surface area contributed by atoms with Crippen LogP contribution in [0.2, 0.25) is 0 Å². The van der Waals surface area contributed by atoms with Gasteiger partial charge in [-0.3, -0.25) is 4.79 Å². The Kier molecular flexibility index (Phi) is 7.05. The summed E-state index contributed by atoms with van der Waals surface area (Å²) in [5.41, 5.74) is 3.41. The maximum Gasteiger partial charge on any atom is 0.255 e. The van der Waals surface area contributed by atoms with E-state index in [-0.39, 0.29) is 12.3 Å². The Hall–Kier alpha value is -3.64. The number of hydrogen-bond acceptors (Lipinski definition) is 3. The van der Waals surface area contributed by atoms with Gasteiger partial charge in [-0.15, -0.1) is 0 Å². The van der Waals surface area contributed by atoms with Crippen LogP contribution in [0.3, 0.4) is 0 Å². The van der Waals surface area contributed by atoms with Gasteiger partial charge in [0.25, 0.3) is 5.91 Å². The van der Waals surface area contributed by atoms with Crippen LogP contribution in [0.5, 0.6) is 11.5 Å². The molecule has 0 saturated heterocycles. The van der Waals surface area contributed by atoms with Gasteiger partial charge in [0.1, 0.15) is 23.9 Å². The lowest BCUT2D eigenvalue weighted by Crippen LogP contribution is -2.14. The first kappa shape index (κ1) is 22.6. The lowest BCUT2D eigenvalue weighted by molar-refractivity contribution is 0.102. The number of amides is 1. The molecule has 4 aromatic carbocycles. The number of hydrogen-bond donors (Lipinski definition) is 1. The Labute approximate surface area is 200 Å². The van der Waals surface area contributed by atoms with Crippen LogP contribution in [0.15, 0.2) is 95.5 Å². The molecule has 0 fully saturated rings. The molecule has 0 aromatic heterocycles. The lowest BCUT2D eigenvalue weighted by atomic mass is 10.1.